The minimum atomic E-state index is -0.424. The molecule has 3 heteroatoms. The maximum absolute atomic E-state index is 12.6. The molecule has 1 N–H and O–H groups in total. The topological polar surface area (TPSA) is 24.9 Å². The van der Waals surface area contributed by atoms with Gasteiger partial charge < -0.3 is 5.32 Å². The average Bonchev–Trinajstić information content (AvgIpc) is 2.50. The summed E-state index contributed by atoms with van der Waals surface area (Å²) in [4.78, 5) is 3.63. The van der Waals surface area contributed by atoms with Gasteiger partial charge in [0.1, 0.15) is 0 Å². The lowest BCUT2D eigenvalue weighted by Gasteiger charge is -2.18. The summed E-state index contributed by atoms with van der Waals surface area (Å²) in [5, 5.41) is 3.39. The molecule has 2 rings (SSSR count). The van der Waals surface area contributed by atoms with Gasteiger partial charge in [0.15, 0.2) is 0 Å². The van der Waals surface area contributed by atoms with Gasteiger partial charge in [-0.3, -0.25) is 0 Å². The van der Waals surface area contributed by atoms with Gasteiger partial charge in [-0.1, -0.05) is 13.8 Å². The van der Waals surface area contributed by atoms with E-state index in [9.17, 15) is 4.39 Å². The fraction of sp³-hybridized carbons (Fsp3) is 0.583. The van der Waals surface area contributed by atoms with Crippen LogP contribution in [0.1, 0.15) is 33.1 Å². The highest BCUT2D eigenvalue weighted by Gasteiger charge is 2.30. The molecule has 0 radical (unpaired) electrons. The Balaban J connectivity index is 1.96. The highest BCUT2D eigenvalue weighted by molar-refractivity contribution is 5.41. The van der Waals surface area contributed by atoms with Crippen LogP contribution in [0.2, 0.25) is 0 Å². The molecular formula is C12H17FN2. The van der Waals surface area contributed by atoms with Crippen molar-refractivity contribution in [2.24, 2.45) is 5.41 Å². The van der Waals surface area contributed by atoms with E-state index in [0.29, 0.717) is 11.5 Å². The summed E-state index contributed by atoms with van der Waals surface area (Å²) in [5.74, 6) is -0.424. The molecular weight excluding hydrogens is 191 g/mol. The number of pyridine rings is 1. The van der Waals surface area contributed by atoms with Gasteiger partial charge in [-0.05, 0) is 36.8 Å². The summed E-state index contributed by atoms with van der Waals surface area (Å²) >= 11 is 0. The van der Waals surface area contributed by atoms with E-state index < -0.39 is 5.95 Å². The third-order valence-corrected chi connectivity index (χ3v) is 3.07. The molecule has 0 aromatic carbocycles. The van der Waals surface area contributed by atoms with Gasteiger partial charge in [0.05, 0.1) is 11.9 Å². The molecule has 0 bridgehead atoms. The van der Waals surface area contributed by atoms with Crippen LogP contribution in [-0.4, -0.2) is 11.0 Å². The first-order chi connectivity index (χ1) is 7.05. The predicted octanol–water partition coefficient (Wildman–Crippen LogP) is 3.21. The minimum Gasteiger partial charge on any atom is -0.381 e. The van der Waals surface area contributed by atoms with E-state index >= 15 is 0 Å². The van der Waals surface area contributed by atoms with Crippen LogP contribution in [0, 0.1) is 11.4 Å². The fourth-order valence-corrected chi connectivity index (χ4v) is 2.26. The van der Waals surface area contributed by atoms with Crippen LogP contribution in [0.4, 0.5) is 10.1 Å². The molecule has 0 amide bonds. The zero-order valence-corrected chi connectivity index (χ0v) is 9.26. The van der Waals surface area contributed by atoms with Crippen LogP contribution in [0.25, 0.3) is 0 Å². The van der Waals surface area contributed by atoms with Crippen molar-refractivity contribution in [2.75, 3.05) is 5.32 Å². The Morgan fingerprint density at radius 2 is 2.27 bits per heavy atom. The number of hydrogen-bond donors (Lipinski definition) is 1. The van der Waals surface area contributed by atoms with Crippen LogP contribution in [0.3, 0.4) is 0 Å². The summed E-state index contributed by atoms with van der Waals surface area (Å²) in [6.45, 7) is 4.58. The van der Waals surface area contributed by atoms with E-state index in [2.05, 4.69) is 24.1 Å². The SMILES string of the molecule is CC1(C)CCC(Nc2ccc(F)nc2)C1. The van der Waals surface area contributed by atoms with Crippen LogP contribution < -0.4 is 5.32 Å². The molecule has 0 saturated heterocycles. The van der Waals surface area contributed by atoms with Gasteiger partial charge in [-0.15, -0.1) is 0 Å². The lowest BCUT2D eigenvalue weighted by Crippen LogP contribution is -2.17. The Morgan fingerprint density at radius 1 is 1.47 bits per heavy atom. The Morgan fingerprint density at radius 3 is 2.80 bits per heavy atom. The second kappa shape index (κ2) is 3.80. The van der Waals surface area contributed by atoms with Crippen molar-refractivity contribution in [2.45, 2.75) is 39.2 Å². The maximum Gasteiger partial charge on any atom is 0.212 e. The second-order valence-corrected chi connectivity index (χ2v) is 5.12. The molecule has 0 spiro atoms. The number of anilines is 1. The van der Waals surface area contributed by atoms with E-state index in [1.54, 1.807) is 12.3 Å². The second-order valence-electron chi connectivity index (χ2n) is 5.12. The Hall–Kier alpha value is -1.12. The van der Waals surface area contributed by atoms with Crippen molar-refractivity contribution in [1.82, 2.24) is 4.98 Å². The molecule has 1 heterocycles. The van der Waals surface area contributed by atoms with E-state index in [1.807, 2.05) is 0 Å². The molecule has 1 aromatic rings. The number of nitrogens with one attached hydrogen (secondary N) is 1. The quantitative estimate of drug-likeness (QED) is 0.755. The van der Waals surface area contributed by atoms with Crippen molar-refractivity contribution < 1.29 is 4.39 Å². The lowest BCUT2D eigenvalue weighted by molar-refractivity contribution is 0.378. The molecule has 2 nitrogen and oxygen atoms in total. The molecule has 1 aromatic heterocycles. The van der Waals surface area contributed by atoms with Crippen molar-refractivity contribution in [3.63, 3.8) is 0 Å². The zero-order chi connectivity index (χ0) is 10.9. The van der Waals surface area contributed by atoms with Crippen LogP contribution in [0.5, 0.6) is 0 Å². The standard InChI is InChI=1S/C12H17FN2/c1-12(2)6-5-9(7-12)15-10-3-4-11(13)14-8-10/h3-4,8-9,15H,5-7H2,1-2H3. The largest absolute Gasteiger partial charge is 0.381 e. The Kier molecular flexibility index (Phi) is 2.63. The van der Waals surface area contributed by atoms with Gasteiger partial charge in [-0.2, -0.15) is 4.39 Å². The summed E-state index contributed by atoms with van der Waals surface area (Å²) in [7, 11) is 0. The van der Waals surface area contributed by atoms with Gasteiger partial charge in [0.2, 0.25) is 5.95 Å². The Bertz CT molecular complexity index is 332. The summed E-state index contributed by atoms with van der Waals surface area (Å²) in [6, 6.07) is 3.64. The molecule has 1 unspecified atom stereocenters. The summed E-state index contributed by atoms with van der Waals surface area (Å²) in [5.41, 5.74) is 1.35. The number of hydrogen-bond acceptors (Lipinski definition) is 2. The molecule has 15 heavy (non-hydrogen) atoms. The normalized spacial score (nSPS) is 24.1. The van der Waals surface area contributed by atoms with Crippen molar-refractivity contribution in [3.8, 4) is 0 Å². The summed E-state index contributed by atoms with van der Waals surface area (Å²) < 4.78 is 12.6. The van der Waals surface area contributed by atoms with E-state index in [0.717, 1.165) is 5.69 Å². The number of halogens is 1. The van der Waals surface area contributed by atoms with Crippen LogP contribution >= 0.6 is 0 Å². The van der Waals surface area contributed by atoms with E-state index in [1.165, 1.54) is 25.3 Å². The molecule has 1 atom stereocenters. The number of aromatic nitrogens is 1. The average molecular weight is 208 g/mol. The third kappa shape index (κ3) is 2.67. The van der Waals surface area contributed by atoms with E-state index in [-0.39, 0.29) is 0 Å². The highest BCUT2D eigenvalue weighted by atomic mass is 19.1. The predicted molar refractivity (Wildman–Crippen MR) is 59.2 cm³/mol. The molecule has 1 aliphatic rings. The lowest BCUT2D eigenvalue weighted by atomic mass is 9.92. The Labute approximate surface area is 89.9 Å². The first kappa shape index (κ1) is 10.4. The molecule has 0 aliphatic heterocycles. The van der Waals surface area contributed by atoms with Crippen molar-refractivity contribution in [1.29, 1.82) is 0 Å². The zero-order valence-electron chi connectivity index (χ0n) is 9.26. The van der Waals surface area contributed by atoms with Gasteiger partial charge >= 0.3 is 0 Å². The maximum atomic E-state index is 12.6. The van der Waals surface area contributed by atoms with Crippen LogP contribution in [-0.2, 0) is 0 Å². The molecule has 82 valence electrons. The first-order valence-corrected chi connectivity index (χ1v) is 5.43. The van der Waals surface area contributed by atoms with E-state index in [4.69, 9.17) is 0 Å². The first-order valence-electron chi connectivity index (χ1n) is 5.43. The van der Waals surface area contributed by atoms with Crippen molar-refractivity contribution >= 4 is 5.69 Å². The van der Waals surface area contributed by atoms with Crippen LogP contribution in [0.15, 0.2) is 18.3 Å². The smallest absolute Gasteiger partial charge is 0.212 e. The van der Waals surface area contributed by atoms with Gasteiger partial charge in [0.25, 0.3) is 0 Å². The monoisotopic (exact) mass is 208 g/mol. The molecule has 1 aliphatic carbocycles. The number of nitrogens with zero attached hydrogens (tertiary/aromatic N) is 1. The van der Waals surface area contributed by atoms with Gasteiger partial charge in [-0.25, -0.2) is 4.98 Å². The fourth-order valence-electron chi connectivity index (χ4n) is 2.26. The highest BCUT2D eigenvalue weighted by Crippen LogP contribution is 2.38. The third-order valence-electron chi connectivity index (χ3n) is 3.07. The summed E-state index contributed by atoms with van der Waals surface area (Å²) in [6.07, 6.45) is 5.16. The van der Waals surface area contributed by atoms with Crippen molar-refractivity contribution in [3.05, 3.63) is 24.3 Å². The number of rotatable bonds is 2. The minimum absolute atomic E-state index is 0.424. The molecule has 1 fully saturated rings. The molecule has 1 saturated carbocycles. The van der Waals surface area contributed by atoms with Gasteiger partial charge in [0, 0.05) is 6.04 Å².